The van der Waals surface area contributed by atoms with Crippen LogP contribution in [0.2, 0.25) is 0 Å². The molecule has 4 nitrogen and oxygen atoms in total. The minimum Gasteiger partial charge on any atom is -0.362 e. The van der Waals surface area contributed by atoms with Crippen LogP contribution in [0.5, 0.6) is 0 Å². The molecule has 1 aromatic carbocycles. The molecule has 0 aliphatic carbocycles. The van der Waals surface area contributed by atoms with Gasteiger partial charge in [0.25, 0.3) is 0 Å². The summed E-state index contributed by atoms with van der Waals surface area (Å²) in [6.07, 6.45) is 0.576. The summed E-state index contributed by atoms with van der Waals surface area (Å²) in [5, 5.41) is 2.61. The Morgan fingerprint density at radius 3 is 2.82 bits per heavy atom. The van der Waals surface area contributed by atoms with Crippen LogP contribution in [-0.4, -0.2) is 32.3 Å². The molecule has 0 aliphatic heterocycles. The number of benzene rings is 1. The predicted octanol–water partition coefficient (Wildman–Crippen LogP) is 1.21. The molecule has 0 atom stereocenters. The van der Waals surface area contributed by atoms with E-state index in [1.165, 1.54) is 23.1 Å². The van der Waals surface area contributed by atoms with Crippen molar-refractivity contribution in [1.82, 2.24) is 5.32 Å². The van der Waals surface area contributed by atoms with Crippen molar-refractivity contribution >= 4 is 17.9 Å². The number of amides is 1. The zero-order chi connectivity index (χ0) is 12.8. The maximum Gasteiger partial charge on any atom is 0.239 e. The van der Waals surface area contributed by atoms with Crippen LogP contribution in [0.4, 0.5) is 10.1 Å². The van der Waals surface area contributed by atoms with Crippen LogP contribution in [-0.2, 0) is 4.79 Å². The molecule has 0 saturated heterocycles. The van der Waals surface area contributed by atoms with Crippen LogP contribution in [0, 0.1) is 5.82 Å². The van der Waals surface area contributed by atoms with Crippen molar-refractivity contribution in [2.45, 2.75) is 6.92 Å². The molecule has 0 saturated carbocycles. The Labute approximate surface area is 99.4 Å². The van der Waals surface area contributed by atoms with E-state index >= 15 is 0 Å². The number of anilines is 1. The van der Waals surface area contributed by atoms with E-state index in [1.807, 2.05) is 0 Å². The summed E-state index contributed by atoms with van der Waals surface area (Å²) in [6.45, 7) is 2.33. The van der Waals surface area contributed by atoms with E-state index in [0.29, 0.717) is 12.8 Å². The van der Waals surface area contributed by atoms with Gasteiger partial charge < -0.3 is 10.2 Å². The molecule has 5 heteroatoms. The van der Waals surface area contributed by atoms with Gasteiger partial charge in [-0.15, -0.1) is 0 Å². The van der Waals surface area contributed by atoms with Gasteiger partial charge in [-0.3, -0.25) is 9.59 Å². The molecule has 1 N–H and O–H groups in total. The third-order valence-electron chi connectivity index (χ3n) is 2.28. The first-order chi connectivity index (χ1) is 8.10. The number of nitrogens with one attached hydrogen (secondary N) is 1. The zero-order valence-electron chi connectivity index (χ0n) is 9.87. The summed E-state index contributed by atoms with van der Waals surface area (Å²) in [5.41, 5.74) is 0.380. The summed E-state index contributed by atoms with van der Waals surface area (Å²) < 4.78 is 13.6. The van der Waals surface area contributed by atoms with Gasteiger partial charge in [-0.2, -0.15) is 0 Å². The van der Waals surface area contributed by atoms with Crippen LogP contribution in [0.1, 0.15) is 17.3 Å². The number of likely N-dealkylation sites (N-methyl/N-ethyl adjacent to an activating group) is 2. The van der Waals surface area contributed by atoms with Gasteiger partial charge in [-0.1, -0.05) is 6.07 Å². The van der Waals surface area contributed by atoms with Crippen molar-refractivity contribution in [3.05, 3.63) is 29.6 Å². The van der Waals surface area contributed by atoms with Crippen molar-refractivity contribution in [2.75, 3.05) is 25.0 Å². The molecular weight excluding hydrogens is 223 g/mol. The highest BCUT2D eigenvalue weighted by molar-refractivity contribution is 5.87. The topological polar surface area (TPSA) is 49.4 Å². The summed E-state index contributed by atoms with van der Waals surface area (Å²) in [5.74, 6) is -0.725. The Kier molecular flexibility index (Phi) is 4.63. The largest absolute Gasteiger partial charge is 0.362 e. The lowest BCUT2D eigenvalue weighted by Gasteiger charge is -2.20. The predicted molar refractivity (Wildman–Crippen MR) is 63.7 cm³/mol. The maximum atomic E-state index is 13.6. The SMILES string of the molecule is CCNC(=O)CN(C)c1c(F)cccc1C=O. The number of para-hydroxylation sites is 1. The number of carbonyl (C=O) groups excluding carboxylic acids is 2. The minimum absolute atomic E-state index is 0.00954. The van der Waals surface area contributed by atoms with Gasteiger partial charge in [-0.25, -0.2) is 4.39 Å². The number of rotatable bonds is 5. The molecule has 0 unspecified atom stereocenters. The lowest BCUT2D eigenvalue weighted by atomic mass is 10.1. The van der Waals surface area contributed by atoms with Crippen LogP contribution < -0.4 is 10.2 Å². The quantitative estimate of drug-likeness (QED) is 0.784. The molecular formula is C12H15FN2O2. The molecule has 0 bridgehead atoms. The van der Waals surface area contributed by atoms with E-state index < -0.39 is 5.82 Å². The van der Waals surface area contributed by atoms with E-state index in [9.17, 15) is 14.0 Å². The number of hydrogen-bond acceptors (Lipinski definition) is 3. The maximum absolute atomic E-state index is 13.6. The van der Waals surface area contributed by atoms with Crippen molar-refractivity contribution in [3.8, 4) is 0 Å². The van der Waals surface area contributed by atoms with Crippen LogP contribution in [0.25, 0.3) is 0 Å². The van der Waals surface area contributed by atoms with Crippen molar-refractivity contribution in [3.63, 3.8) is 0 Å². The summed E-state index contributed by atoms with van der Waals surface area (Å²) in [7, 11) is 1.57. The first kappa shape index (κ1) is 13.2. The molecule has 92 valence electrons. The standard InChI is InChI=1S/C12H15FN2O2/c1-3-14-11(17)7-15(2)12-9(8-16)5-4-6-10(12)13/h4-6,8H,3,7H2,1-2H3,(H,14,17). The molecule has 0 aliphatic rings. The van der Waals surface area contributed by atoms with Crippen molar-refractivity contribution in [1.29, 1.82) is 0 Å². The summed E-state index contributed by atoms with van der Waals surface area (Å²) in [4.78, 5) is 23.6. The lowest BCUT2D eigenvalue weighted by molar-refractivity contribution is -0.119. The highest BCUT2D eigenvalue weighted by atomic mass is 19.1. The second-order valence-electron chi connectivity index (χ2n) is 3.61. The van der Waals surface area contributed by atoms with Crippen LogP contribution >= 0.6 is 0 Å². The van der Waals surface area contributed by atoms with E-state index in [2.05, 4.69) is 5.32 Å². The fourth-order valence-corrected chi connectivity index (χ4v) is 1.58. The smallest absolute Gasteiger partial charge is 0.239 e. The fourth-order valence-electron chi connectivity index (χ4n) is 1.58. The minimum atomic E-state index is -0.513. The van der Waals surface area contributed by atoms with E-state index in [1.54, 1.807) is 14.0 Å². The third-order valence-corrected chi connectivity index (χ3v) is 2.28. The number of carbonyl (C=O) groups is 2. The van der Waals surface area contributed by atoms with Crippen molar-refractivity contribution < 1.29 is 14.0 Å². The molecule has 1 rings (SSSR count). The van der Waals surface area contributed by atoms with Gasteiger partial charge >= 0.3 is 0 Å². The van der Waals surface area contributed by atoms with E-state index in [-0.39, 0.29) is 23.7 Å². The van der Waals surface area contributed by atoms with Gasteiger partial charge in [0.1, 0.15) is 5.82 Å². The first-order valence-electron chi connectivity index (χ1n) is 5.31. The molecule has 17 heavy (non-hydrogen) atoms. The summed E-state index contributed by atoms with van der Waals surface area (Å²) >= 11 is 0. The highest BCUT2D eigenvalue weighted by Crippen LogP contribution is 2.21. The second-order valence-corrected chi connectivity index (χ2v) is 3.61. The molecule has 0 spiro atoms. The second kappa shape index (κ2) is 5.98. The average Bonchev–Trinajstić information content (AvgIpc) is 2.28. The van der Waals surface area contributed by atoms with E-state index in [4.69, 9.17) is 0 Å². The molecule has 0 radical (unpaired) electrons. The summed E-state index contributed by atoms with van der Waals surface area (Å²) in [6, 6.07) is 4.23. The Balaban J connectivity index is 2.91. The van der Waals surface area contributed by atoms with Gasteiger partial charge in [-0.05, 0) is 19.1 Å². The monoisotopic (exact) mass is 238 g/mol. The Hall–Kier alpha value is -1.91. The van der Waals surface area contributed by atoms with Gasteiger partial charge in [0, 0.05) is 19.2 Å². The highest BCUT2D eigenvalue weighted by Gasteiger charge is 2.14. The third kappa shape index (κ3) is 3.27. The molecule has 0 fully saturated rings. The lowest BCUT2D eigenvalue weighted by Crippen LogP contribution is -2.35. The number of nitrogens with zero attached hydrogens (tertiary/aromatic N) is 1. The van der Waals surface area contributed by atoms with Crippen LogP contribution in [0.3, 0.4) is 0 Å². The molecule has 0 heterocycles. The Bertz CT molecular complexity index is 421. The number of aldehydes is 1. The Morgan fingerprint density at radius 2 is 2.24 bits per heavy atom. The van der Waals surface area contributed by atoms with Gasteiger partial charge in [0.2, 0.25) is 5.91 Å². The molecule has 1 aromatic rings. The number of halogens is 1. The fraction of sp³-hybridized carbons (Fsp3) is 0.333. The van der Waals surface area contributed by atoms with Crippen LogP contribution in [0.15, 0.2) is 18.2 Å². The molecule has 0 aromatic heterocycles. The normalized spacial score (nSPS) is 9.82. The zero-order valence-corrected chi connectivity index (χ0v) is 9.87. The number of hydrogen-bond donors (Lipinski definition) is 1. The first-order valence-corrected chi connectivity index (χ1v) is 5.31. The van der Waals surface area contributed by atoms with Crippen molar-refractivity contribution in [2.24, 2.45) is 0 Å². The van der Waals surface area contributed by atoms with Gasteiger partial charge in [0.15, 0.2) is 6.29 Å². The average molecular weight is 238 g/mol. The molecule has 1 amide bonds. The Morgan fingerprint density at radius 1 is 1.53 bits per heavy atom. The van der Waals surface area contributed by atoms with E-state index in [0.717, 1.165) is 0 Å². The van der Waals surface area contributed by atoms with Gasteiger partial charge in [0.05, 0.1) is 12.2 Å².